The van der Waals surface area contributed by atoms with Crippen LogP contribution in [0.15, 0.2) is 109 Å². The molecule has 0 amide bonds. The molecule has 328 valence electrons. The second-order valence-corrected chi connectivity index (χ2v) is 24.2. The number of pyridine rings is 2. The molecule has 0 unspecified atom stereocenters. The van der Waals surface area contributed by atoms with Gasteiger partial charge in [-0.15, -0.1) is 0 Å². The first-order valence-electron chi connectivity index (χ1n) is 23.6. The molecule has 0 fully saturated rings. The molecule has 0 aliphatic heterocycles. The lowest BCUT2D eigenvalue weighted by Gasteiger charge is -2.19. The second-order valence-electron chi connectivity index (χ2n) is 24.2. The molecule has 6 aromatic heterocycles. The third kappa shape index (κ3) is 6.24. The minimum absolute atomic E-state index is 0.0183. The Hall–Kier alpha value is -6.20. The Kier molecular flexibility index (Phi) is 8.44. The fraction of sp³-hybridized carbons (Fsp3) is 0.333. The number of benzene rings is 5. The van der Waals surface area contributed by atoms with Crippen LogP contribution in [-0.4, -0.2) is 23.5 Å². The lowest BCUT2D eigenvalue weighted by atomic mass is 9.85. The lowest BCUT2D eigenvalue weighted by Crippen LogP contribution is -2.10. The van der Waals surface area contributed by atoms with Crippen molar-refractivity contribution in [3.05, 3.63) is 137 Å². The number of fused-ring (bicyclic) bond motifs is 12. The third-order valence-corrected chi connectivity index (χ3v) is 14.4. The maximum atomic E-state index is 5.73. The average Bonchev–Trinajstić information content (AvgIpc) is 3.94. The van der Waals surface area contributed by atoms with E-state index in [-0.39, 0.29) is 27.1 Å². The number of nitrogens with zero attached hydrogens (tertiary/aromatic N) is 5. The summed E-state index contributed by atoms with van der Waals surface area (Å²) < 4.78 is 7.12. The molecule has 0 radical (unpaired) electrons. The maximum Gasteiger partial charge on any atom is 0.149 e. The van der Waals surface area contributed by atoms with Crippen molar-refractivity contribution in [1.29, 1.82) is 0 Å². The van der Waals surface area contributed by atoms with E-state index in [1.807, 2.05) is 0 Å². The van der Waals surface area contributed by atoms with Gasteiger partial charge in [0.2, 0.25) is 0 Å². The summed E-state index contributed by atoms with van der Waals surface area (Å²) in [5, 5.41) is 9.75. The van der Waals surface area contributed by atoms with Gasteiger partial charge in [0.15, 0.2) is 0 Å². The monoisotopic (exact) mass is 854 g/mol. The lowest BCUT2D eigenvalue weighted by molar-refractivity contribution is 0.590. The first-order chi connectivity index (χ1) is 30.4. The fourth-order valence-corrected chi connectivity index (χ4v) is 10.3. The number of aromatic nitrogens is 5. The largest absolute Gasteiger partial charge is 0.294 e. The van der Waals surface area contributed by atoms with E-state index in [0.29, 0.717) is 0 Å². The van der Waals surface area contributed by atoms with E-state index in [0.717, 1.165) is 55.8 Å². The molecule has 5 heteroatoms. The minimum Gasteiger partial charge on any atom is -0.294 e. The minimum atomic E-state index is -0.0514. The zero-order valence-electron chi connectivity index (χ0n) is 41.1. The van der Waals surface area contributed by atoms with Crippen molar-refractivity contribution >= 4 is 82.0 Å². The van der Waals surface area contributed by atoms with Gasteiger partial charge in [0.05, 0.1) is 27.6 Å². The van der Waals surface area contributed by atoms with E-state index in [2.05, 4.69) is 227 Å². The van der Waals surface area contributed by atoms with E-state index in [1.165, 1.54) is 65.7 Å². The fourth-order valence-electron chi connectivity index (χ4n) is 10.3. The van der Waals surface area contributed by atoms with Gasteiger partial charge >= 0.3 is 0 Å². The Morgan fingerprint density at radius 3 is 0.846 bits per heavy atom. The molecule has 11 rings (SSSR count). The Morgan fingerprint density at radius 1 is 0.292 bits per heavy atom. The molecule has 0 atom stereocenters. The Morgan fingerprint density at radius 2 is 0.569 bits per heavy atom. The number of hydrogen-bond donors (Lipinski definition) is 0. The summed E-state index contributed by atoms with van der Waals surface area (Å²) in [7, 11) is 0. The summed E-state index contributed by atoms with van der Waals surface area (Å²) in [5.74, 6) is 1.80. The van der Waals surface area contributed by atoms with E-state index >= 15 is 0 Å². The first kappa shape index (κ1) is 41.5. The van der Waals surface area contributed by atoms with Gasteiger partial charge in [-0.1, -0.05) is 128 Å². The molecule has 5 nitrogen and oxygen atoms in total. The third-order valence-electron chi connectivity index (χ3n) is 14.4. The Labute approximate surface area is 383 Å². The quantitative estimate of drug-likeness (QED) is 0.174. The predicted octanol–water partition coefficient (Wildman–Crippen LogP) is 16.3. The van der Waals surface area contributed by atoms with E-state index < -0.39 is 0 Å². The van der Waals surface area contributed by atoms with E-state index in [1.54, 1.807) is 0 Å². The van der Waals surface area contributed by atoms with Gasteiger partial charge in [0.1, 0.15) is 22.9 Å². The second kappa shape index (κ2) is 13.2. The smallest absolute Gasteiger partial charge is 0.149 e. The Bertz CT molecular complexity index is 3390. The summed E-state index contributed by atoms with van der Waals surface area (Å²) in [5.41, 5.74) is 14.3. The number of hydrogen-bond acceptors (Lipinski definition) is 2. The molecule has 0 bridgehead atoms. The van der Waals surface area contributed by atoms with Crippen LogP contribution in [0.3, 0.4) is 0 Å². The molecule has 11 aromatic rings. The van der Waals surface area contributed by atoms with Crippen LogP contribution in [0.25, 0.3) is 93.6 Å². The molecule has 0 saturated heterocycles. The summed E-state index contributed by atoms with van der Waals surface area (Å²) in [6, 6.07) is 42.0. The average molecular weight is 854 g/mol. The van der Waals surface area contributed by atoms with Crippen LogP contribution in [0.1, 0.15) is 132 Å². The normalized spacial score (nSPS) is 13.8. The topological polar surface area (TPSA) is 40.0 Å². The standard InChI is InChI=1S/C60H63N5/c1-56(2,3)34-16-22-47-41(28-34)42-29-35(57(4,5)6)17-23-48(42)63(47)51-26-20-39-45-32-38(60(13,14)15)33-46-40-21-27-52(62-55(40)65(53(45)46)54(39)61-51)64-49-24-18-36(58(7,8)9)30-43(49)44-31-37(59(10,11)12)19-25-50(44)64/h16-33H,1-15H3. The van der Waals surface area contributed by atoms with Crippen molar-refractivity contribution in [2.24, 2.45) is 0 Å². The van der Waals surface area contributed by atoms with Crippen molar-refractivity contribution in [3.8, 4) is 11.6 Å². The molecular weight excluding hydrogens is 791 g/mol. The first-order valence-corrected chi connectivity index (χ1v) is 23.6. The molecule has 6 heterocycles. The maximum absolute atomic E-state index is 5.73. The van der Waals surface area contributed by atoms with Crippen molar-refractivity contribution in [3.63, 3.8) is 0 Å². The summed E-state index contributed by atoms with van der Waals surface area (Å²) in [6.45, 7) is 34.5. The summed E-state index contributed by atoms with van der Waals surface area (Å²) in [6.07, 6.45) is 0. The molecule has 0 spiro atoms. The van der Waals surface area contributed by atoms with Crippen LogP contribution in [0.2, 0.25) is 0 Å². The molecule has 0 aliphatic rings. The van der Waals surface area contributed by atoms with Crippen molar-refractivity contribution in [1.82, 2.24) is 23.5 Å². The molecule has 65 heavy (non-hydrogen) atoms. The van der Waals surface area contributed by atoms with Crippen molar-refractivity contribution < 1.29 is 0 Å². The molecule has 0 saturated carbocycles. The van der Waals surface area contributed by atoms with Crippen LogP contribution >= 0.6 is 0 Å². The highest BCUT2D eigenvalue weighted by molar-refractivity contribution is 6.23. The van der Waals surface area contributed by atoms with E-state index in [4.69, 9.17) is 9.97 Å². The van der Waals surface area contributed by atoms with Crippen LogP contribution in [-0.2, 0) is 27.1 Å². The highest BCUT2D eigenvalue weighted by Crippen LogP contribution is 2.44. The van der Waals surface area contributed by atoms with Gasteiger partial charge in [-0.05, 0) is 140 Å². The van der Waals surface area contributed by atoms with Gasteiger partial charge in [0, 0.05) is 43.1 Å². The summed E-state index contributed by atoms with van der Waals surface area (Å²) >= 11 is 0. The highest BCUT2D eigenvalue weighted by Gasteiger charge is 2.27. The summed E-state index contributed by atoms with van der Waals surface area (Å²) in [4.78, 5) is 11.5. The molecule has 5 aromatic carbocycles. The van der Waals surface area contributed by atoms with Crippen LogP contribution in [0, 0.1) is 0 Å². The molecule has 0 N–H and O–H groups in total. The highest BCUT2D eigenvalue weighted by atomic mass is 15.1. The van der Waals surface area contributed by atoms with Gasteiger partial charge in [-0.25, -0.2) is 9.97 Å². The SMILES string of the molecule is CC(C)(C)c1ccc2c(c1)c1cc(C(C)(C)C)ccc1n2-c1ccc2c3cc(C(C)(C)C)cc4c5ccc(-n6c7ccc(C(C)(C)C)cc7c7cc(C(C)(C)C)ccc76)nc5n(c2n1)c34. The van der Waals surface area contributed by atoms with Gasteiger partial charge in [0.25, 0.3) is 0 Å². The van der Waals surface area contributed by atoms with Crippen molar-refractivity contribution in [2.45, 2.75) is 131 Å². The zero-order valence-corrected chi connectivity index (χ0v) is 41.1. The van der Waals surface area contributed by atoms with Gasteiger partial charge in [-0.3, -0.25) is 13.5 Å². The van der Waals surface area contributed by atoms with Gasteiger partial charge < -0.3 is 0 Å². The van der Waals surface area contributed by atoms with Crippen LogP contribution in [0.4, 0.5) is 0 Å². The number of rotatable bonds is 2. The van der Waals surface area contributed by atoms with Gasteiger partial charge in [-0.2, -0.15) is 0 Å². The van der Waals surface area contributed by atoms with Crippen LogP contribution < -0.4 is 0 Å². The van der Waals surface area contributed by atoms with Crippen LogP contribution in [0.5, 0.6) is 0 Å². The Balaban J connectivity index is 1.22. The molecular formula is C60H63N5. The zero-order chi connectivity index (χ0) is 46.1. The predicted molar refractivity (Wildman–Crippen MR) is 279 cm³/mol. The van der Waals surface area contributed by atoms with Crippen molar-refractivity contribution in [2.75, 3.05) is 0 Å². The van der Waals surface area contributed by atoms with E-state index in [9.17, 15) is 0 Å². The molecule has 0 aliphatic carbocycles.